The predicted octanol–water partition coefficient (Wildman–Crippen LogP) is 6.11. The monoisotopic (exact) mass is 414 g/mol. The lowest BCUT2D eigenvalue weighted by Gasteiger charge is -2.39. The van der Waals surface area contributed by atoms with Crippen LogP contribution in [0.3, 0.4) is 0 Å². The van der Waals surface area contributed by atoms with Crippen molar-refractivity contribution < 1.29 is 4.79 Å². The number of aryl methyl sites for hydroxylation is 2. The van der Waals surface area contributed by atoms with Gasteiger partial charge in [-0.25, -0.2) is 0 Å². The molecule has 31 heavy (non-hydrogen) atoms. The molecular weight excluding hydrogens is 380 g/mol. The summed E-state index contributed by atoms with van der Waals surface area (Å²) in [6.45, 7) is 3.84. The molecule has 0 saturated carbocycles. The van der Waals surface area contributed by atoms with E-state index in [-0.39, 0.29) is 5.78 Å². The summed E-state index contributed by atoms with van der Waals surface area (Å²) in [7, 11) is 0. The summed E-state index contributed by atoms with van der Waals surface area (Å²) in [5.41, 5.74) is 3.53. The van der Waals surface area contributed by atoms with Gasteiger partial charge in [-0.2, -0.15) is 0 Å². The number of nitrogens with zero attached hydrogens (tertiary/aromatic N) is 2. The van der Waals surface area contributed by atoms with Crippen LogP contribution in [0.4, 0.5) is 0 Å². The zero-order valence-electron chi connectivity index (χ0n) is 18.7. The van der Waals surface area contributed by atoms with Crippen LogP contribution >= 0.6 is 0 Å². The van der Waals surface area contributed by atoms with E-state index in [1.165, 1.54) is 56.1 Å². The Labute approximate surface area is 186 Å². The van der Waals surface area contributed by atoms with Crippen molar-refractivity contribution in [1.29, 1.82) is 0 Å². The number of hydrogen-bond acceptors (Lipinski definition) is 2. The maximum absolute atomic E-state index is 12.0. The Morgan fingerprint density at radius 2 is 1.65 bits per heavy atom. The minimum atomic E-state index is 0.158. The van der Waals surface area contributed by atoms with E-state index in [1.807, 2.05) is 6.07 Å². The number of hydrogen-bond donors (Lipinski definition) is 0. The highest BCUT2D eigenvalue weighted by molar-refractivity contribution is 6.06. The van der Waals surface area contributed by atoms with Crippen molar-refractivity contribution in [1.82, 2.24) is 9.47 Å². The molecule has 3 heteroatoms. The van der Waals surface area contributed by atoms with Gasteiger partial charge in [0, 0.05) is 47.8 Å². The molecule has 5 rings (SSSR count). The zero-order valence-corrected chi connectivity index (χ0v) is 18.7. The number of benzene rings is 2. The minimum Gasteiger partial charge on any atom is -0.347 e. The third kappa shape index (κ3) is 4.34. The van der Waals surface area contributed by atoms with Gasteiger partial charge in [0.1, 0.15) is 0 Å². The van der Waals surface area contributed by atoms with Crippen molar-refractivity contribution in [2.75, 3.05) is 6.54 Å². The molecular formula is C28H34N2O. The average Bonchev–Trinajstić information content (AvgIpc) is 3.27. The Bertz CT molecular complexity index is 1020. The highest BCUT2D eigenvalue weighted by atomic mass is 16.1. The molecule has 0 aliphatic carbocycles. The Balaban J connectivity index is 1.16. The summed E-state index contributed by atoms with van der Waals surface area (Å²) in [5, 5.41) is 1.09. The first-order valence-corrected chi connectivity index (χ1v) is 12.1. The molecule has 0 radical (unpaired) electrons. The molecule has 2 bridgehead atoms. The minimum absolute atomic E-state index is 0.158. The summed E-state index contributed by atoms with van der Waals surface area (Å²) in [6, 6.07) is 20.9. The predicted molar refractivity (Wildman–Crippen MR) is 128 cm³/mol. The average molecular weight is 415 g/mol. The van der Waals surface area contributed by atoms with Gasteiger partial charge in [0.05, 0.1) is 0 Å². The van der Waals surface area contributed by atoms with E-state index in [4.69, 9.17) is 0 Å². The number of Topliss-reactive ketones (excluding diaryl/α,β-unsaturated/α-hetero) is 1. The molecule has 3 nitrogen and oxygen atoms in total. The number of aromatic nitrogens is 1. The van der Waals surface area contributed by atoms with Crippen LogP contribution in [0.1, 0.15) is 61.4 Å². The van der Waals surface area contributed by atoms with E-state index >= 15 is 0 Å². The van der Waals surface area contributed by atoms with Crippen molar-refractivity contribution in [3.63, 3.8) is 0 Å². The summed E-state index contributed by atoms with van der Waals surface area (Å²) in [5.74, 6) is 1.05. The van der Waals surface area contributed by atoms with Crippen LogP contribution in [0.5, 0.6) is 0 Å². The van der Waals surface area contributed by atoms with Crippen LogP contribution in [0.25, 0.3) is 10.9 Å². The van der Waals surface area contributed by atoms with Crippen LogP contribution < -0.4 is 0 Å². The second-order valence-electron chi connectivity index (χ2n) is 9.65. The molecule has 0 N–H and O–H groups in total. The lowest BCUT2D eigenvalue weighted by atomic mass is 9.86. The third-order valence-corrected chi connectivity index (χ3v) is 7.65. The van der Waals surface area contributed by atoms with E-state index in [0.29, 0.717) is 0 Å². The first-order valence-electron chi connectivity index (χ1n) is 12.1. The van der Waals surface area contributed by atoms with Gasteiger partial charge < -0.3 is 4.57 Å². The maximum Gasteiger partial charge on any atom is 0.161 e. The molecule has 0 amide bonds. The third-order valence-electron chi connectivity index (χ3n) is 7.65. The van der Waals surface area contributed by atoms with Crippen LogP contribution in [-0.4, -0.2) is 33.9 Å². The fourth-order valence-corrected chi connectivity index (χ4v) is 6.14. The van der Waals surface area contributed by atoms with Crippen LogP contribution in [0.2, 0.25) is 0 Å². The number of para-hydroxylation sites is 1. The molecule has 2 saturated heterocycles. The summed E-state index contributed by atoms with van der Waals surface area (Å²) < 4.78 is 2.29. The highest BCUT2D eigenvalue weighted by Gasteiger charge is 2.39. The number of fused-ring (bicyclic) bond motifs is 3. The summed E-state index contributed by atoms with van der Waals surface area (Å²) in [6.07, 6.45) is 11.3. The first kappa shape index (κ1) is 20.5. The standard InChI is InChI=1S/C28H34N2O/c1-21(31)27-20-29(28-11-6-5-10-26(27)28)16-7-17-30-24-14-15-25(30)19-23(18-24)13-12-22-8-3-2-4-9-22/h2-6,8-11,20,23-25H,7,12-19H2,1H3/t23?,24-,25+. The Morgan fingerprint density at radius 3 is 2.39 bits per heavy atom. The topological polar surface area (TPSA) is 25.2 Å². The normalized spacial score (nSPS) is 23.5. The van der Waals surface area contributed by atoms with Gasteiger partial charge in [0.25, 0.3) is 0 Å². The van der Waals surface area contributed by atoms with Gasteiger partial charge >= 0.3 is 0 Å². The smallest absolute Gasteiger partial charge is 0.161 e. The quantitative estimate of drug-likeness (QED) is 0.416. The molecule has 3 aromatic rings. The maximum atomic E-state index is 12.0. The zero-order chi connectivity index (χ0) is 21.2. The van der Waals surface area contributed by atoms with Crippen molar-refractivity contribution >= 4 is 16.7 Å². The van der Waals surface area contributed by atoms with Crippen LogP contribution in [0.15, 0.2) is 60.8 Å². The van der Waals surface area contributed by atoms with Gasteiger partial charge in [0.2, 0.25) is 0 Å². The molecule has 3 atom stereocenters. The number of piperidine rings is 1. The SMILES string of the molecule is CC(=O)c1cn(CCCN2[C@@H]3CC[C@H]2CC(CCc2ccccc2)C3)c2ccccc12. The Kier molecular flexibility index (Phi) is 5.95. The number of carbonyl (C=O) groups is 1. The summed E-state index contributed by atoms with van der Waals surface area (Å²) >= 11 is 0. The molecule has 2 aromatic carbocycles. The number of rotatable bonds is 8. The van der Waals surface area contributed by atoms with Crippen molar-refractivity contribution in [2.45, 2.75) is 70.5 Å². The highest BCUT2D eigenvalue weighted by Crippen LogP contribution is 2.40. The second-order valence-corrected chi connectivity index (χ2v) is 9.65. The van der Waals surface area contributed by atoms with Crippen molar-refractivity contribution in [2.24, 2.45) is 5.92 Å². The molecule has 2 aliphatic heterocycles. The molecule has 0 spiro atoms. The molecule has 162 valence electrons. The fourth-order valence-electron chi connectivity index (χ4n) is 6.14. The van der Waals surface area contributed by atoms with Gasteiger partial charge in [-0.1, -0.05) is 48.5 Å². The largest absolute Gasteiger partial charge is 0.347 e. The molecule has 2 aliphatic rings. The van der Waals surface area contributed by atoms with Gasteiger partial charge in [-0.3, -0.25) is 9.69 Å². The lowest BCUT2D eigenvalue weighted by Crippen LogP contribution is -2.43. The van der Waals surface area contributed by atoms with Gasteiger partial charge in [-0.15, -0.1) is 0 Å². The van der Waals surface area contributed by atoms with Gasteiger partial charge in [0.15, 0.2) is 5.78 Å². The van der Waals surface area contributed by atoms with E-state index in [1.54, 1.807) is 6.92 Å². The van der Waals surface area contributed by atoms with Crippen molar-refractivity contribution in [3.8, 4) is 0 Å². The Hall–Kier alpha value is -2.39. The summed E-state index contributed by atoms with van der Waals surface area (Å²) in [4.78, 5) is 14.9. The second kappa shape index (κ2) is 9.00. The van der Waals surface area contributed by atoms with Crippen LogP contribution in [0, 0.1) is 5.92 Å². The van der Waals surface area contributed by atoms with Gasteiger partial charge in [-0.05, 0) is 69.4 Å². The molecule has 2 fully saturated rings. The Morgan fingerprint density at radius 1 is 0.935 bits per heavy atom. The number of ketones is 1. The molecule has 1 unspecified atom stereocenters. The van der Waals surface area contributed by atoms with E-state index in [2.05, 4.69) is 64.2 Å². The lowest BCUT2D eigenvalue weighted by molar-refractivity contribution is 0.0978. The van der Waals surface area contributed by atoms with E-state index in [9.17, 15) is 4.79 Å². The van der Waals surface area contributed by atoms with E-state index in [0.717, 1.165) is 41.9 Å². The fraction of sp³-hybridized carbons (Fsp3) is 0.464. The molecule has 1 aromatic heterocycles. The molecule has 3 heterocycles. The number of carbonyl (C=O) groups excluding carboxylic acids is 1. The van der Waals surface area contributed by atoms with E-state index < -0.39 is 0 Å². The first-order chi connectivity index (χ1) is 15.2. The van der Waals surface area contributed by atoms with Crippen LogP contribution in [-0.2, 0) is 13.0 Å². The van der Waals surface area contributed by atoms with Crippen molar-refractivity contribution in [3.05, 3.63) is 71.9 Å².